The van der Waals surface area contributed by atoms with E-state index >= 15 is 0 Å². The molecule has 5 nitrogen and oxygen atoms in total. The zero-order chi connectivity index (χ0) is 11.4. The highest BCUT2D eigenvalue weighted by Gasteiger charge is 2.21. The first kappa shape index (κ1) is 11.6. The van der Waals surface area contributed by atoms with Crippen LogP contribution < -0.4 is 0 Å². The van der Waals surface area contributed by atoms with E-state index in [1.807, 2.05) is 0 Å². The van der Waals surface area contributed by atoms with Gasteiger partial charge in [0.15, 0.2) is 0 Å². The smallest absolute Gasteiger partial charge is 0.306 e. The van der Waals surface area contributed by atoms with E-state index in [4.69, 9.17) is 5.11 Å². The highest BCUT2D eigenvalue weighted by Crippen LogP contribution is 2.18. The SMILES string of the molecule is Cc1ccc(C(O)C(O)CC(=O)O)cn1. The van der Waals surface area contributed by atoms with Crippen molar-refractivity contribution in [1.29, 1.82) is 0 Å². The van der Waals surface area contributed by atoms with Gasteiger partial charge >= 0.3 is 5.97 Å². The molecule has 0 spiro atoms. The monoisotopic (exact) mass is 211 g/mol. The number of aliphatic carboxylic acids is 1. The summed E-state index contributed by atoms with van der Waals surface area (Å²) in [6.45, 7) is 1.80. The molecular formula is C10H13NO4. The zero-order valence-electron chi connectivity index (χ0n) is 8.29. The van der Waals surface area contributed by atoms with Crippen molar-refractivity contribution in [3.8, 4) is 0 Å². The Bertz CT molecular complexity index is 336. The van der Waals surface area contributed by atoms with Gasteiger partial charge in [0, 0.05) is 17.5 Å². The third-order valence-corrected chi connectivity index (χ3v) is 2.02. The van der Waals surface area contributed by atoms with Crippen LogP contribution in [0.25, 0.3) is 0 Å². The molecule has 0 saturated carbocycles. The van der Waals surface area contributed by atoms with Crippen molar-refractivity contribution in [1.82, 2.24) is 4.98 Å². The quantitative estimate of drug-likeness (QED) is 0.664. The van der Waals surface area contributed by atoms with Crippen LogP contribution in [0, 0.1) is 6.92 Å². The van der Waals surface area contributed by atoms with Crippen LogP contribution >= 0.6 is 0 Å². The van der Waals surface area contributed by atoms with E-state index in [9.17, 15) is 15.0 Å². The normalized spacial score (nSPS) is 14.6. The summed E-state index contributed by atoms with van der Waals surface area (Å²) in [6.07, 6.45) is -1.60. The van der Waals surface area contributed by atoms with Gasteiger partial charge in [-0.3, -0.25) is 9.78 Å². The highest BCUT2D eigenvalue weighted by atomic mass is 16.4. The van der Waals surface area contributed by atoms with E-state index < -0.39 is 24.6 Å². The fourth-order valence-electron chi connectivity index (χ4n) is 1.17. The lowest BCUT2D eigenvalue weighted by Gasteiger charge is -2.15. The van der Waals surface area contributed by atoms with Crippen LogP contribution in [0.3, 0.4) is 0 Å². The minimum absolute atomic E-state index is 0.411. The Labute approximate surface area is 87.0 Å². The number of aliphatic hydroxyl groups excluding tert-OH is 2. The second kappa shape index (κ2) is 4.86. The number of carboxylic acid groups (broad SMARTS) is 1. The summed E-state index contributed by atoms with van der Waals surface area (Å²) in [5.41, 5.74) is 1.20. The summed E-state index contributed by atoms with van der Waals surface area (Å²) in [7, 11) is 0. The molecule has 0 aliphatic carbocycles. The minimum atomic E-state index is -1.31. The van der Waals surface area contributed by atoms with E-state index in [1.54, 1.807) is 19.1 Å². The third-order valence-electron chi connectivity index (χ3n) is 2.02. The molecule has 1 aromatic heterocycles. The highest BCUT2D eigenvalue weighted by molar-refractivity contribution is 5.67. The summed E-state index contributed by atoms with van der Waals surface area (Å²) in [4.78, 5) is 14.3. The van der Waals surface area contributed by atoms with Gasteiger partial charge in [0.05, 0.1) is 12.5 Å². The number of pyridine rings is 1. The van der Waals surface area contributed by atoms with Gasteiger partial charge in [0.25, 0.3) is 0 Å². The molecule has 1 aromatic rings. The lowest BCUT2D eigenvalue weighted by atomic mass is 10.0. The average molecular weight is 211 g/mol. The maximum Gasteiger partial charge on any atom is 0.306 e. The molecular weight excluding hydrogens is 198 g/mol. The van der Waals surface area contributed by atoms with E-state index in [0.717, 1.165) is 5.69 Å². The summed E-state index contributed by atoms with van der Waals surface area (Å²) in [6, 6.07) is 3.30. The van der Waals surface area contributed by atoms with E-state index in [1.165, 1.54) is 6.20 Å². The maximum absolute atomic E-state index is 10.3. The average Bonchev–Trinajstić information content (AvgIpc) is 2.17. The summed E-state index contributed by atoms with van der Waals surface area (Å²) in [5, 5.41) is 27.4. The van der Waals surface area contributed by atoms with Crippen LogP contribution in [0.4, 0.5) is 0 Å². The van der Waals surface area contributed by atoms with Crippen LogP contribution in [-0.4, -0.2) is 32.4 Å². The number of aromatic nitrogens is 1. The Morgan fingerprint density at radius 1 is 1.47 bits per heavy atom. The topological polar surface area (TPSA) is 90.7 Å². The molecule has 2 unspecified atom stereocenters. The predicted molar refractivity (Wildman–Crippen MR) is 52.2 cm³/mol. The molecule has 0 bridgehead atoms. The van der Waals surface area contributed by atoms with Crippen LogP contribution in [-0.2, 0) is 4.79 Å². The largest absolute Gasteiger partial charge is 0.481 e. The van der Waals surface area contributed by atoms with Crippen molar-refractivity contribution < 1.29 is 20.1 Å². The Hall–Kier alpha value is -1.46. The molecule has 2 atom stereocenters. The number of carboxylic acids is 1. The Morgan fingerprint density at radius 2 is 2.13 bits per heavy atom. The molecule has 0 aromatic carbocycles. The number of hydrogen-bond acceptors (Lipinski definition) is 4. The molecule has 15 heavy (non-hydrogen) atoms. The molecule has 3 N–H and O–H groups in total. The first-order valence-corrected chi connectivity index (χ1v) is 4.51. The molecule has 5 heteroatoms. The minimum Gasteiger partial charge on any atom is -0.481 e. The lowest BCUT2D eigenvalue weighted by molar-refractivity contribution is -0.141. The number of rotatable bonds is 4. The first-order valence-electron chi connectivity index (χ1n) is 4.51. The number of hydrogen-bond donors (Lipinski definition) is 3. The predicted octanol–water partition coefficient (Wildman–Crippen LogP) is 0.259. The summed E-state index contributed by atoms with van der Waals surface area (Å²) < 4.78 is 0. The van der Waals surface area contributed by atoms with Crippen LogP contribution in [0.5, 0.6) is 0 Å². The summed E-state index contributed by atoms with van der Waals surface area (Å²) in [5.74, 6) is -1.15. The first-order chi connectivity index (χ1) is 7.00. The van der Waals surface area contributed by atoms with Crippen molar-refractivity contribution in [2.75, 3.05) is 0 Å². The summed E-state index contributed by atoms with van der Waals surface area (Å²) >= 11 is 0. The third kappa shape index (κ3) is 3.30. The molecule has 0 radical (unpaired) electrons. The van der Waals surface area contributed by atoms with Gasteiger partial charge < -0.3 is 15.3 Å². The zero-order valence-corrected chi connectivity index (χ0v) is 8.29. The van der Waals surface area contributed by atoms with Gasteiger partial charge in [-0.15, -0.1) is 0 Å². The van der Waals surface area contributed by atoms with Gasteiger partial charge in [-0.25, -0.2) is 0 Å². The van der Waals surface area contributed by atoms with Gasteiger partial charge in [-0.05, 0) is 13.0 Å². The van der Waals surface area contributed by atoms with Crippen molar-refractivity contribution in [2.24, 2.45) is 0 Å². The van der Waals surface area contributed by atoms with Crippen LogP contribution in [0.2, 0.25) is 0 Å². The molecule has 1 rings (SSSR count). The molecule has 0 amide bonds. The van der Waals surface area contributed by atoms with Crippen molar-refractivity contribution in [3.05, 3.63) is 29.6 Å². The molecule has 0 aliphatic heterocycles. The Morgan fingerprint density at radius 3 is 2.60 bits per heavy atom. The van der Waals surface area contributed by atoms with Gasteiger partial charge in [0.1, 0.15) is 6.10 Å². The lowest BCUT2D eigenvalue weighted by Crippen LogP contribution is -2.21. The fraction of sp³-hybridized carbons (Fsp3) is 0.400. The number of carbonyl (C=O) groups is 1. The van der Waals surface area contributed by atoms with Crippen molar-refractivity contribution in [3.63, 3.8) is 0 Å². The second-order valence-electron chi connectivity index (χ2n) is 3.34. The number of aliphatic hydroxyl groups is 2. The number of nitrogens with zero attached hydrogens (tertiary/aromatic N) is 1. The molecule has 0 fully saturated rings. The van der Waals surface area contributed by atoms with Crippen LogP contribution in [0.15, 0.2) is 18.3 Å². The van der Waals surface area contributed by atoms with Gasteiger partial charge in [-0.1, -0.05) is 6.07 Å². The Balaban J connectivity index is 2.71. The second-order valence-corrected chi connectivity index (χ2v) is 3.34. The molecule has 1 heterocycles. The van der Waals surface area contributed by atoms with Gasteiger partial charge in [0.2, 0.25) is 0 Å². The molecule has 82 valence electrons. The van der Waals surface area contributed by atoms with Crippen molar-refractivity contribution >= 4 is 5.97 Å². The standard InChI is InChI=1S/C10H13NO4/c1-6-2-3-7(5-11-6)10(15)8(12)4-9(13)14/h2-3,5,8,10,12,15H,4H2,1H3,(H,13,14). The Kier molecular flexibility index (Phi) is 3.76. The van der Waals surface area contributed by atoms with Gasteiger partial charge in [-0.2, -0.15) is 0 Å². The van der Waals surface area contributed by atoms with E-state index in [0.29, 0.717) is 5.56 Å². The van der Waals surface area contributed by atoms with E-state index in [2.05, 4.69) is 4.98 Å². The van der Waals surface area contributed by atoms with E-state index in [-0.39, 0.29) is 0 Å². The maximum atomic E-state index is 10.3. The molecule has 0 aliphatic rings. The van der Waals surface area contributed by atoms with Crippen molar-refractivity contribution in [2.45, 2.75) is 25.6 Å². The molecule has 0 saturated heterocycles. The van der Waals surface area contributed by atoms with Crippen LogP contribution in [0.1, 0.15) is 23.8 Å². The number of aryl methyl sites for hydroxylation is 1. The fourth-order valence-corrected chi connectivity index (χ4v) is 1.17.